The van der Waals surface area contributed by atoms with Crippen LogP contribution < -0.4 is 11.1 Å². The van der Waals surface area contributed by atoms with E-state index in [0.717, 1.165) is 16.9 Å². The van der Waals surface area contributed by atoms with Gasteiger partial charge < -0.3 is 11.1 Å². The molecule has 3 N–H and O–H groups in total. The van der Waals surface area contributed by atoms with Crippen LogP contribution in [0.1, 0.15) is 32.6 Å². The van der Waals surface area contributed by atoms with Gasteiger partial charge in [0.15, 0.2) is 0 Å². The largest absolute Gasteiger partial charge is 0.398 e. The van der Waals surface area contributed by atoms with Gasteiger partial charge in [0.2, 0.25) is 0 Å². The van der Waals surface area contributed by atoms with Crippen LogP contribution in [0.4, 0.5) is 5.69 Å². The maximum absolute atomic E-state index is 12.0. The SMILES string of the molecule is CCc1ccc(CNC(=O)c2ccc(C)cc2N)s1. The first-order valence-corrected chi connectivity index (χ1v) is 7.13. The van der Waals surface area contributed by atoms with E-state index in [1.54, 1.807) is 17.4 Å². The first kappa shape index (κ1) is 13.6. The lowest BCUT2D eigenvalue weighted by molar-refractivity contribution is 0.0952. The number of nitrogens with two attached hydrogens (primary N) is 1. The quantitative estimate of drug-likeness (QED) is 0.842. The first-order chi connectivity index (χ1) is 9.10. The summed E-state index contributed by atoms with van der Waals surface area (Å²) in [5.74, 6) is -0.121. The van der Waals surface area contributed by atoms with Crippen LogP contribution in [0.3, 0.4) is 0 Å². The minimum absolute atomic E-state index is 0.121. The Morgan fingerprint density at radius 3 is 2.63 bits per heavy atom. The van der Waals surface area contributed by atoms with Crippen LogP contribution >= 0.6 is 11.3 Å². The number of hydrogen-bond acceptors (Lipinski definition) is 3. The lowest BCUT2D eigenvalue weighted by atomic mass is 10.1. The highest BCUT2D eigenvalue weighted by molar-refractivity contribution is 7.11. The van der Waals surface area contributed by atoms with Crippen molar-refractivity contribution in [3.8, 4) is 0 Å². The molecule has 3 nitrogen and oxygen atoms in total. The maximum atomic E-state index is 12.0. The zero-order valence-electron chi connectivity index (χ0n) is 11.2. The van der Waals surface area contributed by atoms with Gasteiger partial charge in [-0.3, -0.25) is 4.79 Å². The average Bonchev–Trinajstić information content (AvgIpc) is 2.84. The molecule has 1 aromatic heterocycles. The minimum Gasteiger partial charge on any atom is -0.398 e. The zero-order chi connectivity index (χ0) is 13.8. The fraction of sp³-hybridized carbons (Fsp3) is 0.267. The highest BCUT2D eigenvalue weighted by Gasteiger charge is 2.09. The molecule has 0 aliphatic carbocycles. The molecule has 1 heterocycles. The summed E-state index contributed by atoms with van der Waals surface area (Å²) in [5, 5.41) is 2.90. The maximum Gasteiger partial charge on any atom is 0.253 e. The van der Waals surface area contributed by atoms with Gasteiger partial charge in [-0.25, -0.2) is 0 Å². The van der Waals surface area contributed by atoms with Crippen molar-refractivity contribution in [3.05, 3.63) is 51.2 Å². The second kappa shape index (κ2) is 5.89. The van der Waals surface area contributed by atoms with Gasteiger partial charge in [0.05, 0.1) is 12.1 Å². The molecule has 0 atom stereocenters. The Hall–Kier alpha value is -1.81. The van der Waals surface area contributed by atoms with Gasteiger partial charge in [0.25, 0.3) is 5.91 Å². The van der Waals surface area contributed by atoms with Gasteiger partial charge in [-0.05, 0) is 43.2 Å². The predicted molar refractivity (Wildman–Crippen MR) is 80.5 cm³/mol. The van der Waals surface area contributed by atoms with Crippen LogP contribution in [0.5, 0.6) is 0 Å². The van der Waals surface area contributed by atoms with Crippen LogP contribution in [0.2, 0.25) is 0 Å². The lowest BCUT2D eigenvalue weighted by Crippen LogP contribution is -2.23. The number of carbonyl (C=O) groups excluding carboxylic acids is 1. The molecular formula is C15H18N2OS. The third-order valence-electron chi connectivity index (χ3n) is 2.94. The number of rotatable bonds is 4. The number of anilines is 1. The van der Waals surface area contributed by atoms with Crippen LogP contribution in [-0.2, 0) is 13.0 Å². The molecule has 0 aliphatic rings. The van der Waals surface area contributed by atoms with E-state index in [-0.39, 0.29) is 5.91 Å². The number of thiophene rings is 1. The molecule has 0 saturated carbocycles. The Morgan fingerprint density at radius 2 is 2.00 bits per heavy atom. The van der Waals surface area contributed by atoms with Crippen molar-refractivity contribution in [2.45, 2.75) is 26.8 Å². The summed E-state index contributed by atoms with van der Waals surface area (Å²) >= 11 is 1.73. The molecule has 2 aromatic rings. The molecule has 2 rings (SSSR count). The zero-order valence-corrected chi connectivity index (χ0v) is 12.0. The van der Waals surface area contributed by atoms with E-state index in [4.69, 9.17) is 5.73 Å². The van der Waals surface area contributed by atoms with Gasteiger partial charge in [0, 0.05) is 15.4 Å². The molecule has 1 amide bonds. The molecule has 0 fully saturated rings. The van der Waals surface area contributed by atoms with Crippen molar-refractivity contribution in [1.82, 2.24) is 5.32 Å². The van der Waals surface area contributed by atoms with E-state index in [2.05, 4.69) is 24.4 Å². The minimum atomic E-state index is -0.121. The van der Waals surface area contributed by atoms with Gasteiger partial charge >= 0.3 is 0 Å². The Morgan fingerprint density at radius 1 is 1.26 bits per heavy atom. The number of nitrogen functional groups attached to an aromatic ring is 1. The van der Waals surface area contributed by atoms with Crippen molar-refractivity contribution in [1.29, 1.82) is 0 Å². The van der Waals surface area contributed by atoms with Crippen LogP contribution in [0.25, 0.3) is 0 Å². The van der Waals surface area contributed by atoms with Gasteiger partial charge in [-0.1, -0.05) is 13.0 Å². The summed E-state index contributed by atoms with van der Waals surface area (Å²) in [6.07, 6.45) is 1.03. The molecular weight excluding hydrogens is 256 g/mol. The monoisotopic (exact) mass is 274 g/mol. The number of hydrogen-bond donors (Lipinski definition) is 2. The van der Waals surface area contributed by atoms with E-state index in [0.29, 0.717) is 17.8 Å². The molecule has 0 radical (unpaired) electrons. The molecule has 0 bridgehead atoms. The summed E-state index contributed by atoms with van der Waals surface area (Å²) in [6, 6.07) is 9.64. The third kappa shape index (κ3) is 3.35. The summed E-state index contributed by atoms with van der Waals surface area (Å²) in [6.45, 7) is 4.63. The topological polar surface area (TPSA) is 55.1 Å². The van der Waals surface area contributed by atoms with Crippen molar-refractivity contribution in [3.63, 3.8) is 0 Å². The Balaban J connectivity index is 2.01. The van der Waals surface area contributed by atoms with Crippen molar-refractivity contribution >= 4 is 22.9 Å². The highest BCUT2D eigenvalue weighted by atomic mass is 32.1. The molecule has 0 spiro atoms. The van der Waals surface area contributed by atoms with Crippen LogP contribution in [-0.4, -0.2) is 5.91 Å². The average molecular weight is 274 g/mol. The summed E-state index contributed by atoms with van der Waals surface area (Å²) in [7, 11) is 0. The van der Waals surface area contributed by atoms with Crippen LogP contribution in [0, 0.1) is 6.92 Å². The van der Waals surface area contributed by atoms with Crippen molar-refractivity contribution in [2.75, 3.05) is 5.73 Å². The predicted octanol–water partition coefficient (Wildman–Crippen LogP) is 3.13. The molecule has 4 heteroatoms. The van der Waals surface area contributed by atoms with Crippen molar-refractivity contribution < 1.29 is 4.79 Å². The molecule has 1 aromatic carbocycles. The highest BCUT2D eigenvalue weighted by Crippen LogP contribution is 2.17. The van der Waals surface area contributed by atoms with E-state index >= 15 is 0 Å². The van der Waals surface area contributed by atoms with E-state index in [1.165, 1.54) is 4.88 Å². The lowest BCUT2D eigenvalue weighted by Gasteiger charge is -2.07. The second-order valence-corrected chi connectivity index (χ2v) is 5.75. The number of aryl methyl sites for hydroxylation is 2. The summed E-state index contributed by atoms with van der Waals surface area (Å²) < 4.78 is 0. The van der Waals surface area contributed by atoms with E-state index in [9.17, 15) is 4.79 Å². The fourth-order valence-electron chi connectivity index (χ4n) is 1.86. The fourth-order valence-corrected chi connectivity index (χ4v) is 2.76. The Kier molecular flexibility index (Phi) is 4.22. The number of benzene rings is 1. The van der Waals surface area contributed by atoms with Gasteiger partial charge in [-0.2, -0.15) is 0 Å². The van der Waals surface area contributed by atoms with Crippen molar-refractivity contribution in [2.24, 2.45) is 0 Å². The molecule has 0 aliphatic heterocycles. The number of nitrogens with one attached hydrogen (secondary N) is 1. The summed E-state index contributed by atoms with van der Waals surface area (Å²) in [5.41, 5.74) is 7.98. The third-order valence-corrected chi connectivity index (χ3v) is 4.17. The van der Waals surface area contributed by atoms with E-state index < -0.39 is 0 Å². The molecule has 19 heavy (non-hydrogen) atoms. The standard InChI is InChI=1S/C15H18N2OS/c1-3-11-5-6-12(19-11)9-17-15(18)13-7-4-10(2)8-14(13)16/h4-8H,3,9,16H2,1-2H3,(H,17,18). The van der Waals surface area contributed by atoms with Gasteiger partial charge in [-0.15, -0.1) is 11.3 Å². The Labute approximate surface area is 117 Å². The van der Waals surface area contributed by atoms with Crippen LogP contribution in [0.15, 0.2) is 30.3 Å². The molecule has 0 saturated heterocycles. The number of amides is 1. The Bertz CT molecular complexity index is 590. The first-order valence-electron chi connectivity index (χ1n) is 6.32. The smallest absolute Gasteiger partial charge is 0.253 e. The summed E-state index contributed by atoms with van der Waals surface area (Å²) in [4.78, 5) is 14.5. The number of carbonyl (C=O) groups is 1. The van der Waals surface area contributed by atoms with Gasteiger partial charge in [0.1, 0.15) is 0 Å². The normalized spacial score (nSPS) is 10.4. The molecule has 0 unspecified atom stereocenters. The second-order valence-electron chi connectivity index (χ2n) is 4.49. The molecule has 100 valence electrons. The van der Waals surface area contributed by atoms with E-state index in [1.807, 2.05) is 19.1 Å².